The van der Waals surface area contributed by atoms with E-state index in [9.17, 15) is 14.7 Å². The van der Waals surface area contributed by atoms with Crippen molar-refractivity contribution in [1.29, 1.82) is 0 Å². The normalized spacial score (nSPS) is 29.2. The van der Waals surface area contributed by atoms with Gasteiger partial charge in [-0.2, -0.15) is 0 Å². The lowest BCUT2D eigenvalue weighted by molar-refractivity contribution is -0.141. The largest absolute Gasteiger partial charge is 0.480 e. The number of ether oxygens (including phenoxy) is 1. The molecule has 0 radical (unpaired) electrons. The summed E-state index contributed by atoms with van der Waals surface area (Å²) >= 11 is 0. The molecule has 0 aromatic rings. The van der Waals surface area contributed by atoms with Crippen molar-refractivity contribution in [3.05, 3.63) is 0 Å². The van der Waals surface area contributed by atoms with E-state index in [0.29, 0.717) is 19.1 Å². The lowest BCUT2D eigenvalue weighted by Gasteiger charge is -2.30. The van der Waals surface area contributed by atoms with Crippen LogP contribution >= 0.6 is 0 Å². The van der Waals surface area contributed by atoms with Crippen molar-refractivity contribution in [3.8, 4) is 0 Å². The molecular weight excluding hydrogens is 264 g/mol. The number of aliphatic hydroxyl groups is 1. The monoisotopic (exact) mass is 286 g/mol. The van der Waals surface area contributed by atoms with E-state index in [1.807, 2.05) is 6.92 Å². The molecule has 2 rings (SSSR count). The van der Waals surface area contributed by atoms with Gasteiger partial charge >= 0.3 is 12.0 Å². The SMILES string of the molecule is CC(NC(=O)N1C[C@@H](O)C[C@H]1C(=O)O)C1CCOCC1. The number of urea groups is 1. The summed E-state index contributed by atoms with van der Waals surface area (Å²) in [7, 11) is 0. The predicted molar refractivity (Wildman–Crippen MR) is 70.3 cm³/mol. The standard InChI is InChI=1S/C13H22N2O5/c1-8(9-2-4-20-5-3-9)14-13(19)15-7-10(16)6-11(15)12(17)18/h8-11,16H,2-7H2,1H3,(H,14,19)(H,17,18)/t8?,10-,11-/m0/s1. The zero-order chi connectivity index (χ0) is 14.7. The Kier molecular flexibility index (Phi) is 4.82. The Balaban J connectivity index is 1.91. The molecule has 114 valence electrons. The Morgan fingerprint density at radius 2 is 2.00 bits per heavy atom. The van der Waals surface area contributed by atoms with Crippen LogP contribution in [0.1, 0.15) is 26.2 Å². The zero-order valence-corrected chi connectivity index (χ0v) is 11.6. The molecular formula is C13H22N2O5. The van der Waals surface area contributed by atoms with Gasteiger partial charge in [0.05, 0.1) is 6.10 Å². The van der Waals surface area contributed by atoms with Crippen molar-refractivity contribution in [2.45, 2.75) is 44.4 Å². The minimum atomic E-state index is -1.07. The molecule has 1 unspecified atom stereocenters. The van der Waals surface area contributed by atoms with Crippen LogP contribution in [-0.4, -0.2) is 65.1 Å². The number of aliphatic hydroxyl groups excluding tert-OH is 1. The maximum absolute atomic E-state index is 12.2. The van der Waals surface area contributed by atoms with Gasteiger partial charge in [-0.15, -0.1) is 0 Å². The molecule has 0 saturated carbocycles. The van der Waals surface area contributed by atoms with Gasteiger partial charge in [-0.25, -0.2) is 9.59 Å². The molecule has 20 heavy (non-hydrogen) atoms. The molecule has 0 aromatic heterocycles. The molecule has 3 atom stereocenters. The van der Waals surface area contributed by atoms with Gasteiger partial charge in [0.2, 0.25) is 0 Å². The smallest absolute Gasteiger partial charge is 0.326 e. The summed E-state index contributed by atoms with van der Waals surface area (Å²) in [5.74, 6) is -0.723. The van der Waals surface area contributed by atoms with Crippen LogP contribution in [-0.2, 0) is 9.53 Å². The number of carboxylic acids is 1. The van der Waals surface area contributed by atoms with E-state index in [4.69, 9.17) is 9.84 Å². The number of carbonyl (C=O) groups is 2. The third-order valence-electron chi connectivity index (χ3n) is 4.15. The second-order valence-corrected chi connectivity index (χ2v) is 5.58. The van der Waals surface area contributed by atoms with Gasteiger partial charge in [-0.1, -0.05) is 0 Å². The lowest BCUT2D eigenvalue weighted by atomic mass is 9.93. The van der Waals surface area contributed by atoms with Crippen LogP contribution in [0.4, 0.5) is 4.79 Å². The van der Waals surface area contributed by atoms with Gasteiger partial charge in [-0.05, 0) is 25.7 Å². The van der Waals surface area contributed by atoms with E-state index in [1.54, 1.807) is 0 Å². The summed E-state index contributed by atoms with van der Waals surface area (Å²) < 4.78 is 5.28. The number of hydrogen-bond acceptors (Lipinski definition) is 4. The number of amides is 2. The van der Waals surface area contributed by atoms with E-state index in [0.717, 1.165) is 12.8 Å². The first-order valence-corrected chi connectivity index (χ1v) is 7.04. The van der Waals surface area contributed by atoms with Crippen LogP contribution < -0.4 is 5.32 Å². The molecule has 3 N–H and O–H groups in total. The number of likely N-dealkylation sites (tertiary alicyclic amines) is 1. The topological polar surface area (TPSA) is 99.1 Å². The third kappa shape index (κ3) is 3.40. The lowest BCUT2D eigenvalue weighted by Crippen LogP contribution is -2.50. The molecule has 2 saturated heterocycles. The van der Waals surface area contributed by atoms with Crippen molar-refractivity contribution >= 4 is 12.0 Å². The maximum Gasteiger partial charge on any atom is 0.326 e. The quantitative estimate of drug-likeness (QED) is 0.680. The number of nitrogens with one attached hydrogen (secondary N) is 1. The second-order valence-electron chi connectivity index (χ2n) is 5.58. The van der Waals surface area contributed by atoms with E-state index >= 15 is 0 Å². The van der Waals surface area contributed by atoms with E-state index in [2.05, 4.69) is 5.32 Å². The van der Waals surface area contributed by atoms with Gasteiger partial charge < -0.3 is 25.2 Å². The van der Waals surface area contributed by atoms with Crippen molar-refractivity contribution in [2.75, 3.05) is 19.8 Å². The van der Waals surface area contributed by atoms with E-state index < -0.39 is 24.1 Å². The molecule has 0 aliphatic carbocycles. The number of carboxylic acid groups (broad SMARTS) is 1. The van der Waals surface area contributed by atoms with E-state index in [-0.39, 0.29) is 19.0 Å². The van der Waals surface area contributed by atoms with Gasteiger partial charge in [0.1, 0.15) is 6.04 Å². The summed E-state index contributed by atoms with van der Waals surface area (Å²) in [5, 5.41) is 21.5. The minimum absolute atomic E-state index is 0.0291. The molecule has 2 aliphatic heterocycles. The molecule has 2 heterocycles. The average Bonchev–Trinajstić information content (AvgIpc) is 2.82. The second kappa shape index (κ2) is 6.41. The fraction of sp³-hybridized carbons (Fsp3) is 0.846. The van der Waals surface area contributed by atoms with Crippen LogP contribution in [0.15, 0.2) is 0 Å². The van der Waals surface area contributed by atoms with Crippen LogP contribution in [0.5, 0.6) is 0 Å². The van der Waals surface area contributed by atoms with Crippen molar-refractivity contribution < 1.29 is 24.5 Å². The Morgan fingerprint density at radius 1 is 1.35 bits per heavy atom. The number of hydrogen-bond donors (Lipinski definition) is 3. The summed E-state index contributed by atoms with van der Waals surface area (Å²) in [4.78, 5) is 24.5. The number of carbonyl (C=O) groups excluding carboxylic acids is 1. The van der Waals surface area contributed by atoms with Gasteiger partial charge in [-0.3, -0.25) is 0 Å². The van der Waals surface area contributed by atoms with Gasteiger partial charge in [0.25, 0.3) is 0 Å². The summed E-state index contributed by atoms with van der Waals surface area (Å²) in [6.45, 7) is 3.40. The average molecular weight is 286 g/mol. The van der Waals surface area contributed by atoms with Crippen LogP contribution in [0, 0.1) is 5.92 Å². The Morgan fingerprint density at radius 3 is 2.60 bits per heavy atom. The minimum Gasteiger partial charge on any atom is -0.480 e. The predicted octanol–water partition coefficient (Wildman–Crippen LogP) is 0.0309. The molecule has 0 spiro atoms. The molecule has 2 amide bonds. The number of rotatable bonds is 3. The highest BCUT2D eigenvalue weighted by molar-refractivity contribution is 5.83. The van der Waals surface area contributed by atoms with Crippen molar-refractivity contribution in [1.82, 2.24) is 10.2 Å². The summed E-state index contributed by atoms with van der Waals surface area (Å²) in [6.07, 6.45) is 1.12. The first kappa shape index (κ1) is 15.1. The van der Waals surface area contributed by atoms with Gasteiger partial charge in [0.15, 0.2) is 0 Å². The molecule has 7 heteroatoms. The van der Waals surface area contributed by atoms with Crippen LogP contribution in [0.25, 0.3) is 0 Å². The fourth-order valence-electron chi connectivity index (χ4n) is 2.88. The highest BCUT2D eigenvalue weighted by atomic mass is 16.5. The number of β-amino-alcohol motifs (C(OH)–C–C–N with tert-alkyl or cyclic N) is 1. The van der Waals surface area contributed by atoms with E-state index in [1.165, 1.54) is 4.90 Å². The highest BCUT2D eigenvalue weighted by Gasteiger charge is 2.39. The summed E-state index contributed by atoms with van der Waals surface area (Å²) in [6, 6.07) is -1.38. The fourth-order valence-corrected chi connectivity index (χ4v) is 2.88. The number of aliphatic carboxylic acids is 1. The Bertz CT molecular complexity index is 370. The Labute approximate surface area is 117 Å². The van der Waals surface area contributed by atoms with Crippen LogP contribution in [0.2, 0.25) is 0 Å². The molecule has 0 aromatic carbocycles. The van der Waals surface area contributed by atoms with Crippen molar-refractivity contribution in [3.63, 3.8) is 0 Å². The zero-order valence-electron chi connectivity index (χ0n) is 11.6. The first-order chi connectivity index (χ1) is 9.49. The maximum atomic E-state index is 12.2. The highest BCUT2D eigenvalue weighted by Crippen LogP contribution is 2.21. The molecule has 0 bridgehead atoms. The Hall–Kier alpha value is -1.34. The third-order valence-corrected chi connectivity index (χ3v) is 4.15. The summed E-state index contributed by atoms with van der Waals surface area (Å²) in [5.41, 5.74) is 0. The van der Waals surface area contributed by atoms with Crippen LogP contribution in [0.3, 0.4) is 0 Å². The van der Waals surface area contributed by atoms with Gasteiger partial charge in [0, 0.05) is 32.2 Å². The number of nitrogens with zero attached hydrogens (tertiary/aromatic N) is 1. The molecule has 7 nitrogen and oxygen atoms in total. The first-order valence-electron chi connectivity index (χ1n) is 7.04. The molecule has 2 aliphatic rings. The van der Waals surface area contributed by atoms with Crippen molar-refractivity contribution in [2.24, 2.45) is 5.92 Å². The molecule has 2 fully saturated rings.